The first-order chi connectivity index (χ1) is 16.2. The van der Waals surface area contributed by atoms with Crippen LogP contribution in [0, 0.1) is 0 Å². The van der Waals surface area contributed by atoms with Crippen LogP contribution in [0.1, 0.15) is 27.7 Å². The van der Waals surface area contributed by atoms with Gasteiger partial charge in [-0.05, 0) is 13.8 Å². The standard InChI is InChI=1S/C22H37NO10S/c1-15(24)23-17-18-19(32-21(3,4)31-18)22(14-30-20(17)33-22)13-29-10-9-27-6-5-26-7-8-28-11-12-34-16(2)25/h17-20H,5-14H2,1-4H3,(H,23,24)/t17-,18-,19-,20+,22+/m1/s1. The third-order valence-corrected chi connectivity index (χ3v) is 6.28. The van der Waals surface area contributed by atoms with Crippen molar-refractivity contribution in [1.29, 1.82) is 0 Å². The van der Waals surface area contributed by atoms with Crippen LogP contribution < -0.4 is 5.32 Å². The van der Waals surface area contributed by atoms with Gasteiger partial charge in [0.05, 0.1) is 59.5 Å². The highest BCUT2D eigenvalue weighted by Crippen LogP contribution is 2.46. The third-order valence-electron chi connectivity index (χ3n) is 5.50. The van der Waals surface area contributed by atoms with Gasteiger partial charge in [-0.2, -0.15) is 0 Å². The number of carbonyl (C=O) groups is 2. The Morgan fingerprint density at radius 2 is 1.53 bits per heavy atom. The molecule has 0 radical (unpaired) electrons. The Morgan fingerprint density at radius 1 is 0.912 bits per heavy atom. The van der Waals surface area contributed by atoms with Crippen molar-refractivity contribution in [3.05, 3.63) is 0 Å². The number of amides is 1. The van der Waals surface area contributed by atoms with Crippen LogP contribution in [-0.4, -0.2) is 112 Å². The summed E-state index contributed by atoms with van der Waals surface area (Å²) in [4.78, 5) is 22.5. The van der Waals surface area contributed by atoms with E-state index in [0.717, 1.165) is 0 Å². The Morgan fingerprint density at radius 3 is 2.15 bits per heavy atom. The van der Waals surface area contributed by atoms with Crippen LogP contribution in [-0.2, 0) is 47.5 Å². The highest BCUT2D eigenvalue weighted by Gasteiger charge is 2.66. The lowest BCUT2D eigenvalue weighted by atomic mass is 9.88. The minimum Gasteiger partial charge on any atom is -0.378 e. The summed E-state index contributed by atoms with van der Waals surface area (Å²) in [7, 11) is 0. The molecule has 0 aromatic heterocycles. The SMILES string of the molecule is CC(=O)N[C@H]1[C@H]2OC[C@](COCCOCCOCCOCCSC(C)=O)(O2)[C@@H]2OC(C)(C)O[C@H]12. The molecule has 0 spiro atoms. The maximum atomic E-state index is 11.7. The molecule has 3 aliphatic rings. The second kappa shape index (κ2) is 12.9. The second-order valence-corrected chi connectivity index (χ2v) is 10.1. The number of thioether (sulfide) groups is 1. The van der Waals surface area contributed by atoms with Crippen molar-refractivity contribution in [2.75, 3.05) is 65.2 Å². The smallest absolute Gasteiger partial charge is 0.217 e. The number of fused-ring (bicyclic) bond motifs is 4. The van der Waals surface area contributed by atoms with E-state index >= 15 is 0 Å². The van der Waals surface area contributed by atoms with E-state index in [4.69, 9.17) is 37.9 Å². The molecule has 0 aliphatic carbocycles. The average molecular weight is 508 g/mol. The van der Waals surface area contributed by atoms with Crippen LogP contribution >= 0.6 is 11.8 Å². The topological polar surface area (TPSA) is 120 Å². The molecule has 0 aromatic carbocycles. The van der Waals surface area contributed by atoms with Crippen LogP contribution in [0.2, 0.25) is 0 Å². The molecule has 0 aromatic rings. The predicted molar refractivity (Wildman–Crippen MR) is 121 cm³/mol. The van der Waals surface area contributed by atoms with Crippen molar-refractivity contribution in [1.82, 2.24) is 5.32 Å². The lowest BCUT2D eigenvalue weighted by Crippen LogP contribution is -2.65. The fourth-order valence-electron chi connectivity index (χ4n) is 4.15. The highest BCUT2D eigenvalue weighted by atomic mass is 32.2. The summed E-state index contributed by atoms with van der Waals surface area (Å²) in [6, 6.07) is -0.451. The van der Waals surface area contributed by atoms with Crippen LogP contribution in [0.5, 0.6) is 0 Å². The quantitative estimate of drug-likeness (QED) is 0.312. The van der Waals surface area contributed by atoms with Crippen molar-refractivity contribution in [2.45, 2.75) is 63.6 Å². The van der Waals surface area contributed by atoms with E-state index in [9.17, 15) is 9.59 Å². The van der Waals surface area contributed by atoms with E-state index in [1.54, 1.807) is 6.92 Å². The van der Waals surface area contributed by atoms with Gasteiger partial charge in [0.15, 0.2) is 17.2 Å². The summed E-state index contributed by atoms with van der Waals surface area (Å²) in [5.41, 5.74) is -0.801. The summed E-state index contributed by atoms with van der Waals surface area (Å²) >= 11 is 1.25. The maximum Gasteiger partial charge on any atom is 0.217 e. The van der Waals surface area contributed by atoms with Gasteiger partial charge in [0.1, 0.15) is 23.9 Å². The van der Waals surface area contributed by atoms with Crippen molar-refractivity contribution in [2.24, 2.45) is 0 Å². The molecule has 12 heteroatoms. The molecule has 0 unspecified atom stereocenters. The number of rotatable bonds is 15. The lowest BCUT2D eigenvalue weighted by Gasteiger charge is -2.42. The Kier molecular flexibility index (Phi) is 10.6. The van der Waals surface area contributed by atoms with E-state index in [-0.39, 0.29) is 17.6 Å². The van der Waals surface area contributed by atoms with Gasteiger partial charge < -0.3 is 43.2 Å². The zero-order valence-electron chi connectivity index (χ0n) is 20.4. The van der Waals surface area contributed by atoms with Gasteiger partial charge in [0, 0.05) is 19.6 Å². The molecule has 3 saturated heterocycles. The largest absolute Gasteiger partial charge is 0.378 e. The Labute approximate surface area is 204 Å². The number of carbonyl (C=O) groups excluding carboxylic acids is 2. The fourth-order valence-corrected chi connectivity index (χ4v) is 4.64. The van der Waals surface area contributed by atoms with Gasteiger partial charge in [-0.25, -0.2) is 0 Å². The summed E-state index contributed by atoms with van der Waals surface area (Å²) in [5.74, 6) is -0.322. The first kappa shape index (κ1) is 27.8. The average Bonchev–Trinajstić information content (AvgIpc) is 3.31. The predicted octanol–water partition coefficient (Wildman–Crippen LogP) is 0.483. The molecule has 3 heterocycles. The second-order valence-electron chi connectivity index (χ2n) is 8.84. The van der Waals surface area contributed by atoms with E-state index in [0.29, 0.717) is 58.6 Å². The summed E-state index contributed by atoms with van der Waals surface area (Å²) in [5, 5.41) is 2.96. The van der Waals surface area contributed by atoms with Crippen LogP contribution in [0.3, 0.4) is 0 Å². The van der Waals surface area contributed by atoms with Gasteiger partial charge >= 0.3 is 0 Å². The number of hydrogen-bond donors (Lipinski definition) is 1. The molecule has 3 aliphatic heterocycles. The molecule has 196 valence electrons. The van der Waals surface area contributed by atoms with E-state index < -0.39 is 35.9 Å². The van der Waals surface area contributed by atoms with Gasteiger partial charge in [-0.1, -0.05) is 11.8 Å². The van der Waals surface area contributed by atoms with Gasteiger partial charge in [0.2, 0.25) is 5.91 Å². The number of ether oxygens (including phenoxy) is 8. The first-order valence-corrected chi connectivity index (χ1v) is 12.6. The van der Waals surface area contributed by atoms with Crippen molar-refractivity contribution >= 4 is 22.8 Å². The Hall–Kier alpha value is -0.830. The van der Waals surface area contributed by atoms with Crippen LogP contribution in [0.25, 0.3) is 0 Å². The Balaban J connectivity index is 1.28. The maximum absolute atomic E-state index is 11.7. The zero-order chi connectivity index (χ0) is 24.6. The summed E-state index contributed by atoms with van der Waals surface area (Å²) < 4.78 is 46.4. The zero-order valence-corrected chi connectivity index (χ0v) is 21.2. The summed E-state index contributed by atoms with van der Waals surface area (Å²) in [6.07, 6.45) is -1.44. The molecule has 1 N–H and O–H groups in total. The van der Waals surface area contributed by atoms with E-state index in [2.05, 4.69) is 5.32 Å². The fraction of sp³-hybridized carbons (Fsp3) is 0.909. The van der Waals surface area contributed by atoms with Gasteiger partial charge in [-0.3, -0.25) is 9.59 Å². The first-order valence-electron chi connectivity index (χ1n) is 11.6. The molecule has 1 amide bonds. The van der Waals surface area contributed by atoms with Crippen molar-refractivity contribution in [3.63, 3.8) is 0 Å². The highest BCUT2D eigenvalue weighted by molar-refractivity contribution is 8.13. The van der Waals surface area contributed by atoms with Crippen molar-refractivity contribution < 1.29 is 47.5 Å². The number of hydrogen-bond acceptors (Lipinski definition) is 11. The van der Waals surface area contributed by atoms with Crippen LogP contribution in [0.15, 0.2) is 0 Å². The molecule has 3 rings (SSSR count). The molecule has 5 atom stereocenters. The summed E-state index contributed by atoms with van der Waals surface area (Å²) in [6.45, 7) is 10.4. The van der Waals surface area contributed by atoms with Gasteiger partial charge in [-0.15, -0.1) is 0 Å². The van der Waals surface area contributed by atoms with Crippen LogP contribution in [0.4, 0.5) is 0 Å². The van der Waals surface area contributed by atoms with E-state index in [1.165, 1.54) is 18.7 Å². The molecule has 34 heavy (non-hydrogen) atoms. The third kappa shape index (κ3) is 7.84. The normalized spacial score (nSPS) is 31.4. The molecular weight excluding hydrogens is 470 g/mol. The molecule has 11 nitrogen and oxygen atoms in total. The minimum atomic E-state index is -0.801. The number of nitrogens with one attached hydrogen (secondary N) is 1. The van der Waals surface area contributed by atoms with Crippen molar-refractivity contribution in [3.8, 4) is 0 Å². The molecule has 0 saturated carbocycles. The molecule has 3 fully saturated rings. The monoisotopic (exact) mass is 507 g/mol. The van der Waals surface area contributed by atoms with E-state index in [1.807, 2.05) is 13.8 Å². The minimum absolute atomic E-state index is 0.0947. The lowest BCUT2D eigenvalue weighted by molar-refractivity contribution is -0.214. The molecular formula is C22H37NO10S. The Bertz CT molecular complexity index is 680. The molecule has 2 bridgehead atoms. The van der Waals surface area contributed by atoms with Gasteiger partial charge in [0.25, 0.3) is 0 Å².